The zero-order valence-electron chi connectivity index (χ0n) is 21.7. The summed E-state index contributed by atoms with van der Waals surface area (Å²) in [6.07, 6.45) is 2.91. The molecule has 1 aromatic carbocycles. The second-order valence-electron chi connectivity index (χ2n) is 9.53. The number of hydrogen-bond donors (Lipinski definition) is 4. The monoisotopic (exact) mass is 490 g/mol. The molecule has 0 bridgehead atoms. The fourth-order valence-electron chi connectivity index (χ4n) is 3.32. The third kappa shape index (κ3) is 12.4. The summed E-state index contributed by atoms with van der Waals surface area (Å²) in [5.41, 5.74) is 6.95. The molecule has 1 unspecified atom stereocenters. The molecule has 2 atom stereocenters. The maximum atomic E-state index is 13.1. The Morgan fingerprint density at radius 1 is 0.914 bits per heavy atom. The van der Waals surface area contributed by atoms with E-state index < -0.39 is 12.1 Å². The van der Waals surface area contributed by atoms with Gasteiger partial charge in [0.25, 0.3) is 0 Å². The first-order valence-electron chi connectivity index (χ1n) is 12.4. The topological polar surface area (TPSA) is 140 Å². The van der Waals surface area contributed by atoms with Crippen LogP contribution in [0, 0.1) is 11.8 Å². The highest BCUT2D eigenvalue weighted by Gasteiger charge is 2.28. The Hall–Kier alpha value is -2.94. The number of hydrogen-bond acceptors (Lipinski definition) is 6. The molecule has 0 saturated carbocycles. The van der Waals surface area contributed by atoms with Crippen molar-refractivity contribution in [3.05, 3.63) is 29.8 Å². The maximum absolute atomic E-state index is 13.1. The van der Waals surface area contributed by atoms with Gasteiger partial charge in [0.2, 0.25) is 17.7 Å². The van der Waals surface area contributed by atoms with Crippen molar-refractivity contribution in [2.45, 2.75) is 85.4 Å². The molecule has 0 radical (unpaired) electrons. The molecule has 0 spiro atoms. The van der Waals surface area contributed by atoms with Crippen LogP contribution in [0.3, 0.4) is 0 Å². The highest BCUT2D eigenvalue weighted by molar-refractivity contribution is 5.98. The van der Waals surface area contributed by atoms with Gasteiger partial charge in [-0.2, -0.15) is 0 Å². The molecule has 0 fully saturated rings. The van der Waals surface area contributed by atoms with Crippen LogP contribution in [-0.4, -0.2) is 42.3 Å². The Morgan fingerprint density at radius 2 is 1.57 bits per heavy atom. The van der Waals surface area contributed by atoms with Crippen LogP contribution in [0.5, 0.6) is 0 Å². The van der Waals surface area contributed by atoms with Gasteiger partial charge < -0.3 is 26.4 Å². The Labute approximate surface area is 208 Å². The second-order valence-corrected chi connectivity index (χ2v) is 9.53. The Balaban J connectivity index is 2.85. The van der Waals surface area contributed by atoms with Crippen LogP contribution < -0.4 is 21.7 Å². The van der Waals surface area contributed by atoms with E-state index in [0.29, 0.717) is 37.4 Å². The summed E-state index contributed by atoms with van der Waals surface area (Å²) in [5.74, 6) is -1.03. The van der Waals surface area contributed by atoms with E-state index >= 15 is 0 Å². The van der Waals surface area contributed by atoms with Crippen LogP contribution in [0.2, 0.25) is 0 Å². The van der Waals surface area contributed by atoms with Gasteiger partial charge in [0.1, 0.15) is 18.7 Å². The molecule has 0 aliphatic rings. The second kappa shape index (κ2) is 15.9. The quantitative estimate of drug-likeness (QED) is 0.220. The largest absolute Gasteiger partial charge is 0.461 e. The van der Waals surface area contributed by atoms with E-state index in [0.717, 1.165) is 18.4 Å². The molecule has 0 aromatic heterocycles. The van der Waals surface area contributed by atoms with Crippen LogP contribution >= 0.6 is 0 Å². The van der Waals surface area contributed by atoms with Crippen molar-refractivity contribution in [3.8, 4) is 0 Å². The molecule has 196 valence electrons. The summed E-state index contributed by atoms with van der Waals surface area (Å²) in [5, 5.41) is 8.48. The number of rotatable bonds is 15. The number of ether oxygens (including phenoxy) is 1. The summed E-state index contributed by atoms with van der Waals surface area (Å²) >= 11 is 0. The Bertz CT molecular complexity index is 824. The molecule has 1 rings (SSSR count). The van der Waals surface area contributed by atoms with Crippen molar-refractivity contribution >= 4 is 29.4 Å². The lowest BCUT2D eigenvalue weighted by molar-refractivity contribution is -0.142. The summed E-state index contributed by atoms with van der Waals surface area (Å²) in [4.78, 5) is 49.4. The molecular weight excluding hydrogens is 448 g/mol. The summed E-state index contributed by atoms with van der Waals surface area (Å²) < 4.78 is 4.97. The predicted octanol–water partition coefficient (Wildman–Crippen LogP) is 2.88. The summed E-state index contributed by atoms with van der Waals surface area (Å²) in [6.45, 7) is 9.78. The number of esters is 1. The van der Waals surface area contributed by atoms with Crippen molar-refractivity contribution in [2.75, 3.05) is 11.9 Å². The number of anilines is 1. The van der Waals surface area contributed by atoms with Gasteiger partial charge in [-0.15, -0.1) is 0 Å². The number of benzene rings is 1. The van der Waals surface area contributed by atoms with Crippen LogP contribution in [-0.2, 0) is 30.5 Å². The van der Waals surface area contributed by atoms with Crippen LogP contribution in [0.25, 0.3) is 0 Å². The lowest BCUT2D eigenvalue weighted by atomic mass is 10.0. The van der Waals surface area contributed by atoms with Gasteiger partial charge in [0.15, 0.2) is 0 Å². The van der Waals surface area contributed by atoms with Crippen molar-refractivity contribution in [1.82, 2.24) is 10.6 Å². The first-order chi connectivity index (χ1) is 16.5. The molecule has 9 nitrogen and oxygen atoms in total. The van der Waals surface area contributed by atoms with Gasteiger partial charge in [-0.3, -0.25) is 19.2 Å². The number of carbonyl (C=O) groups is 4. The van der Waals surface area contributed by atoms with Crippen molar-refractivity contribution in [1.29, 1.82) is 0 Å². The number of nitrogens with two attached hydrogens (primary N) is 1. The van der Waals surface area contributed by atoms with Crippen molar-refractivity contribution in [2.24, 2.45) is 17.6 Å². The number of nitrogens with one attached hydrogen (secondary N) is 3. The van der Waals surface area contributed by atoms with E-state index in [4.69, 9.17) is 10.5 Å². The molecule has 9 heteroatoms. The molecule has 0 heterocycles. The normalized spacial score (nSPS) is 12.7. The minimum Gasteiger partial charge on any atom is -0.461 e. The Morgan fingerprint density at radius 3 is 2.11 bits per heavy atom. The highest BCUT2D eigenvalue weighted by atomic mass is 16.5. The van der Waals surface area contributed by atoms with E-state index in [1.165, 1.54) is 6.92 Å². The first-order valence-corrected chi connectivity index (χ1v) is 12.4. The van der Waals surface area contributed by atoms with Crippen molar-refractivity contribution in [3.63, 3.8) is 0 Å². The predicted molar refractivity (Wildman–Crippen MR) is 136 cm³/mol. The van der Waals surface area contributed by atoms with E-state index in [1.54, 1.807) is 24.3 Å². The van der Waals surface area contributed by atoms with Gasteiger partial charge in [-0.05, 0) is 61.8 Å². The molecule has 1 aromatic rings. The van der Waals surface area contributed by atoms with E-state index in [9.17, 15) is 19.2 Å². The average Bonchev–Trinajstić information content (AvgIpc) is 2.79. The fraction of sp³-hybridized carbons (Fsp3) is 0.615. The average molecular weight is 491 g/mol. The highest BCUT2D eigenvalue weighted by Crippen LogP contribution is 2.13. The standard InChI is InChI=1S/C26H42N4O5/c1-17(2)9-14-23(32)30-24(18(3)4)26(34)29-22(8-6-7-15-27)25(33)28-21-12-10-20(11-13-21)16-35-19(5)31/h10-13,17-18,22,24H,6-9,14-16,27H2,1-5H3,(H,28,33)(H,29,34)(H,30,32)/t22-,24?/m0/s1. The number of amides is 3. The van der Waals surface area contributed by atoms with Crippen molar-refractivity contribution < 1.29 is 23.9 Å². The molecule has 0 aliphatic heterocycles. The number of carbonyl (C=O) groups excluding carboxylic acids is 4. The van der Waals surface area contributed by atoms with E-state index in [-0.39, 0.29) is 36.2 Å². The minimum absolute atomic E-state index is 0.143. The molecule has 0 aliphatic carbocycles. The zero-order chi connectivity index (χ0) is 26.4. The zero-order valence-corrected chi connectivity index (χ0v) is 21.7. The SMILES string of the molecule is CC(=O)OCc1ccc(NC(=O)[C@H](CCCCN)NC(=O)C(NC(=O)CCC(C)C)C(C)C)cc1. The molecular formula is C26H42N4O5. The van der Waals surface area contributed by atoms with Gasteiger partial charge >= 0.3 is 5.97 Å². The van der Waals surface area contributed by atoms with Gasteiger partial charge in [-0.1, -0.05) is 39.8 Å². The fourth-order valence-corrected chi connectivity index (χ4v) is 3.32. The van der Waals surface area contributed by atoms with E-state index in [1.807, 2.05) is 27.7 Å². The van der Waals surface area contributed by atoms with Gasteiger partial charge in [0.05, 0.1) is 0 Å². The molecule has 0 saturated heterocycles. The lowest BCUT2D eigenvalue weighted by Gasteiger charge is -2.25. The van der Waals surface area contributed by atoms with Gasteiger partial charge in [0, 0.05) is 19.0 Å². The third-order valence-electron chi connectivity index (χ3n) is 5.46. The van der Waals surface area contributed by atoms with E-state index in [2.05, 4.69) is 16.0 Å². The smallest absolute Gasteiger partial charge is 0.302 e. The Kier molecular flexibility index (Phi) is 13.6. The molecule has 5 N–H and O–H groups in total. The molecule has 3 amide bonds. The summed E-state index contributed by atoms with van der Waals surface area (Å²) in [6, 6.07) is 5.41. The summed E-state index contributed by atoms with van der Waals surface area (Å²) in [7, 11) is 0. The van der Waals surface area contributed by atoms with Crippen LogP contribution in [0.1, 0.15) is 72.3 Å². The number of unbranched alkanes of at least 4 members (excludes halogenated alkanes) is 1. The minimum atomic E-state index is -0.774. The molecule has 35 heavy (non-hydrogen) atoms. The third-order valence-corrected chi connectivity index (χ3v) is 5.46. The lowest BCUT2D eigenvalue weighted by Crippen LogP contribution is -2.54. The first kappa shape index (κ1) is 30.1. The van der Waals surface area contributed by atoms with Crippen LogP contribution in [0.15, 0.2) is 24.3 Å². The van der Waals surface area contributed by atoms with Crippen LogP contribution in [0.4, 0.5) is 5.69 Å². The maximum Gasteiger partial charge on any atom is 0.302 e. The van der Waals surface area contributed by atoms with Gasteiger partial charge in [-0.25, -0.2) is 0 Å².